The van der Waals surface area contributed by atoms with Crippen LogP contribution < -0.4 is 0 Å². The Bertz CT molecular complexity index is 336. The molecule has 1 aromatic rings. The van der Waals surface area contributed by atoms with Gasteiger partial charge in [-0.15, -0.1) is 0 Å². The maximum atomic E-state index is 12.3. The van der Waals surface area contributed by atoms with Crippen LogP contribution in [0.4, 0.5) is 13.2 Å². The Morgan fingerprint density at radius 3 is 2.07 bits per heavy atom. The van der Waals surface area contributed by atoms with Gasteiger partial charge in [-0.05, 0) is 24.7 Å². The highest BCUT2D eigenvalue weighted by atomic mass is 19.4. The van der Waals surface area contributed by atoms with E-state index >= 15 is 0 Å². The van der Waals surface area contributed by atoms with Crippen LogP contribution >= 0.6 is 0 Å². The lowest BCUT2D eigenvalue weighted by molar-refractivity contribution is -0.137. The molecule has 1 nitrogen and oxygen atoms in total. The molecule has 1 aliphatic rings. The number of likely N-dealkylation sites (tertiary alicyclic amines) is 1. The third-order valence-corrected chi connectivity index (χ3v) is 2.77. The molecule has 82 valence electrons. The van der Waals surface area contributed by atoms with Gasteiger partial charge in [0.15, 0.2) is 0 Å². The molecule has 4 heteroatoms. The number of halogens is 3. The second-order valence-corrected chi connectivity index (χ2v) is 4.04. The van der Waals surface area contributed by atoms with Crippen molar-refractivity contribution < 1.29 is 13.2 Å². The molecule has 0 amide bonds. The first-order valence-corrected chi connectivity index (χ1v) is 4.82. The Hall–Kier alpha value is -1.03. The van der Waals surface area contributed by atoms with E-state index in [4.69, 9.17) is 0 Å². The van der Waals surface area contributed by atoms with Crippen molar-refractivity contribution in [3.63, 3.8) is 0 Å². The van der Waals surface area contributed by atoms with E-state index in [1.807, 2.05) is 7.05 Å². The predicted octanol–water partition coefficient (Wildman–Crippen LogP) is 2.73. The topological polar surface area (TPSA) is 3.24 Å². The van der Waals surface area contributed by atoms with Crippen LogP contribution in [0.25, 0.3) is 0 Å². The molecule has 0 saturated carbocycles. The Morgan fingerprint density at radius 2 is 1.67 bits per heavy atom. The minimum atomic E-state index is -4.23. The second kappa shape index (κ2) is 3.52. The van der Waals surface area contributed by atoms with Gasteiger partial charge in [-0.1, -0.05) is 12.1 Å². The van der Waals surface area contributed by atoms with Crippen molar-refractivity contribution in [1.82, 2.24) is 4.90 Å². The summed E-state index contributed by atoms with van der Waals surface area (Å²) in [4.78, 5) is 2.14. The van der Waals surface area contributed by atoms with E-state index in [0.717, 1.165) is 30.8 Å². The molecule has 0 spiro atoms. The highest BCUT2D eigenvalue weighted by molar-refractivity contribution is 5.28. The number of nitrogens with zero attached hydrogens (tertiary/aromatic N) is 1. The summed E-state index contributed by atoms with van der Waals surface area (Å²) in [7, 11) is 2.00. The second-order valence-electron chi connectivity index (χ2n) is 4.04. The van der Waals surface area contributed by atoms with Crippen molar-refractivity contribution in [2.24, 2.45) is 0 Å². The predicted molar refractivity (Wildman–Crippen MR) is 51.7 cm³/mol. The molecule has 15 heavy (non-hydrogen) atoms. The van der Waals surface area contributed by atoms with Crippen molar-refractivity contribution >= 4 is 0 Å². The normalized spacial score (nSPS) is 18.9. The highest BCUT2D eigenvalue weighted by Gasteiger charge is 2.31. The van der Waals surface area contributed by atoms with Gasteiger partial charge < -0.3 is 4.90 Å². The SMILES string of the molecule is CN1CC(c2ccc(C(F)(F)F)cc2)C1. The summed E-state index contributed by atoms with van der Waals surface area (Å²) in [6.45, 7) is 1.87. The summed E-state index contributed by atoms with van der Waals surface area (Å²) in [5.41, 5.74) is 0.431. The summed E-state index contributed by atoms with van der Waals surface area (Å²) in [5, 5.41) is 0. The molecule has 0 bridgehead atoms. The van der Waals surface area contributed by atoms with Gasteiger partial charge in [-0.3, -0.25) is 0 Å². The van der Waals surface area contributed by atoms with E-state index in [0.29, 0.717) is 5.92 Å². The van der Waals surface area contributed by atoms with Crippen molar-refractivity contribution in [1.29, 1.82) is 0 Å². The average Bonchev–Trinajstić information content (AvgIpc) is 2.12. The first kappa shape index (κ1) is 10.5. The lowest BCUT2D eigenvalue weighted by atomic mass is 9.91. The van der Waals surface area contributed by atoms with Crippen molar-refractivity contribution in [3.05, 3.63) is 35.4 Å². The van der Waals surface area contributed by atoms with E-state index in [1.54, 1.807) is 12.1 Å². The van der Waals surface area contributed by atoms with Crippen LogP contribution in [0.5, 0.6) is 0 Å². The van der Waals surface area contributed by atoms with Gasteiger partial charge in [-0.2, -0.15) is 13.2 Å². The van der Waals surface area contributed by atoms with Gasteiger partial charge >= 0.3 is 6.18 Å². The standard InChI is InChI=1S/C11H12F3N/c1-15-6-9(7-15)8-2-4-10(5-3-8)11(12,13)14/h2-5,9H,6-7H2,1H3. The average molecular weight is 215 g/mol. The van der Waals surface area contributed by atoms with Crippen LogP contribution in [0.2, 0.25) is 0 Å². The molecule has 1 aromatic carbocycles. The molecule has 2 rings (SSSR count). The monoisotopic (exact) mass is 215 g/mol. The number of hydrogen-bond donors (Lipinski definition) is 0. The third kappa shape index (κ3) is 2.15. The summed E-state index contributed by atoms with van der Waals surface area (Å²) in [6, 6.07) is 5.49. The molecule has 0 unspecified atom stereocenters. The molecule has 1 heterocycles. The van der Waals surface area contributed by atoms with Crippen molar-refractivity contribution in [2.45, 2.75) is 12.1 Å². The first-order valence-electron chi connectivity index (χ1n) is 4.82. The van der Waals surface area contributed by atoms with Gasteiger partial charge in [0.2, 0.25) is 0 Å². The largest absolute Gasteiger partial charge is 0.416 e. The summed E-state index contributed by atoms with van der Waals surface area (Å²) >= 11 is 0. The Kier molecular flexibility index (Phi) is 2.46. The van der Waals surface area contributed by atoms with E-state index < -0.39 is 11.7 Å². The zero-order valence-electron chi connectivity index (χ0n) is 8.38. The van der Waals surface area contributed by atoms with Gasteiger partial charge in [-0.25, -0.2) is 0 Å². The maximum absolute atomic E-state index is 12.3. The van der Waals surface area contributed by atoms with Crippen LogP contribution in [0.3, 0.4) is 0 Å². The van der Waals surface area contributed by atoms with Crippen LogP contribution in [-0.4, -0.2) is 25.0 Å². The molecule has 1 fully saturated rings. The lowest BCUT2D eigenvalue weighted by Crippen LogP contribution is -2.41. The molecule has 0 radical (unpaired) electrons. The Morgan fingerprint density at radius 1 is 1.13 bits per heavy atom. The molecular weight excluding hydrogens is 203 g/mol. The maximum Gasteiger partial charge on any atom is 0.416 e. The quantitative estimate of drug-likeness (QED) is 0.696. The molecule has 1 saturated heterocycles. The summed E-state index contributed by atoms with van der Waals surface area (Å²) < 4.78 is 36.8. The van der Waals surface area contributed by atoms with Gasteiger partial charge in [0.05, 0.1) is 5.56 Å². The molecule has 0 atom stereocenters. The zero-order valence-corrected chi connectivity index (χ0v) is 8.38. The number of rotatable bonds is 1. The van der Waals surface area contributed by atoms with E-state index in [9.17, 15) is 13.2 Å². The molecule has 0 N–H and O–H groups in total. The molecule has 1 aliphatic heterocycles. The van der Waals surface area contributed by atoms with Gasteiger partial charge in [0.25, 0.3) is 0 Å². The zero-order chi connectivity index (χ0) is 11.1. The Balaban J connectivity index is 2.11. The summed E-state index contributed by atoms with van der Waals surface area (Å²) in [5.74, 6) is 0.400. The van der Waals surface area contributed by atoms with Crippen LogP contribution in [0.15, 0.2) is 24.3 Å². The molecule has 0 aliphatic carbocycles. The number of hydrogen-bond acceptors (Lipinski definition) is 1. The van der Waals surface area contributed by atoms with Crippen LogP contribution in [0.1, 0.15) is 17.0 Å². The minimum Gasteiger partial charge on any atom is -0.305 e. The molecule has 0 aromatic heterocycles. The fraction of sp³-hybridized carbons (Fsp3) is 0.455. The van der Waals surface area contributed by atoms with E-state index in [2.05, 4.69) is 4.90 Å². The van der Waals surface area contributed by atoms with E-state index in [1.165, 1.54) is 0 Å². The van der Waals surface area contributed by atoms with Crippen LogP contribution in [-0.2, 0) is 6.18 Å². The van der Waals surface area contributed by atoms with Crippen molar-refractivity contribution in [2.75, 3.05) is 20.1 Å². The smallest absolute Gasteiger partial charge is 0.305 e. The lowest BCUT2D eigenvalue weighted by Gasteiger charge is -2.36. The van der Waals surface area contributed by atoms with Gasteiger partial charge in [0, 0.05) is 19.0 Å². The fourth-order valence-electron chi connectivity index (χ4n) is 1.85. The number of benzene rings is 1. The molecular formula is C11H12F3N. The number of alkyl halides is 3. The first-order chi connectivity index (χ1) is 6.97. The summed E-state index contributed by atoms with van der Waals surface area (Å²) in [6.07, 6.45) is -4.23. The fourth-order valence-corrected chi connectivity index (χ4v) is 1.85. The van der Waals surface area contributed by atoms with Crippen LogP contribution in [0, 0.1) is 0 Å². The van der Waals surface area contributed by atoms with Crippen molar-refractivity contribution in [3.8, 4) is 0 Å². The van der Waals surface area contributed by atoms with Gasteiger partial charge in [0.1, 0.15) is 0 Å². The highest BCUT2D eigenvalue weighted by Crippen LogP contribution is 2.31. The number of likely N-dealkylation sites (N-methyl/N-ethyl adjacent to an activating group) is 1. The Labute approximate surface area is 86.5 Å². The van der Waals surface area contributed by atoms with E-state index in [-0.39, 0.29) is 0 Å². The third-order valence-electron chi connectivity index (χ3n) is 2.77. The minimum absolute atomic E-state index is 0.400.